The van der Waals surface area contributed by atoms with Crippen LogP contribution in [0.4, 0.5) is 5.69 Å². The van der Waals surface area contributed by atoms with E-state index in [1.807, 2.05) is 30.3 Å². The molecule has 6 heteroatoms. The number of hydrogen-bond acceptors (Lipinski definition) is 5. The number of benzene rings is 1. The number of hydrogen-bond donors (Lipinski definition) is 2. The van der Waals surface area contributed by atoms with Gasteiger partial charge in [-0.25, -0.2) is 4.98 Å². The molecule has 2 aromatic rings. The van der Waals surface area contributed by atoms with Crippen molar-refractivity contribution >= 4 is 22.5 Å². The van der Waals surface area contributed by atoms with Crippen molar-refractivity contribution in [1.82, 2.24) is 10.3 Å². The highest BCUT2D eigenvalue weighted by Gasteiger charge is 2.07. The van der Waals surface area contributed by atoms with E-state index in [9.17, 15) is 4.79 Å². The van der Waals surface area contributed by atoms with Crippen LogP contribution in [0.2, 0.25) is 0 Å². The predicted molar refractivity (Wildman–Crippen MR) is 79.8 cm³/mol. The number of nitrogens with one attached hydrogen (secondary N) is 2. The van der Waals surface area contributed by atoms with Gasteiger partial charge in [-0.3, -0.25) is 4.79 Å². The second-order valence-electron chi connectivity index (χ2n) is 4.38. The van der Waals surface area contributed by atoms with Gasteiger partial charge < -0.3 is 15.4 Å². The lowest BCUT2D eigenvalue weighted by Crippen LogP contribution is -2.32. The molecule has 108 valence electrons. The van der Waals surface area contributed by atoms with Gasteiger partial charge in [0.1, 0.15) is 11.8 Å². The van der Waals surface area contributed by atoms with Crippen LogP contribution in [0.3, 0.4) is 0 Å². The maximum absolute atomic E-state index is 11.7. The highest BCUT2D eigenvalue weighted by atomic mass is 16.5. The third kappa shape index (κ3) is 3.91. The van der Waals surface area contributed by atoms with E-state index in [1.54, 1.807) is 13.2 Å². The van der Waals surface area contributed by atoms with Crippen molar-refractivity contribution in [2.45, 2.75) is 0 Å². The topological polar surface area (TPSA) is 87.0 Å². The first-order valence-corrected chi connectivity index (χ1v) is 6.54. The fourth-order valence-corrected chi connectivity index (χ4v) is 1.91. The van der Waals surface area contributed by atoms with Crippen LogP contribution in [-0.2, 0) is 9.53 Å². The van der Waals surface area contributed by atoms with Gasteiger partial charge in [0, 0.05) is 24.7 Å². The normalized spacial score (nSPS) is 10.1. The van der Waals surface area contributed by atoms with Crippen LogP contribution < -0.4 is 10.6 Å². The lowest BCUT2D eigenvalue weighted by molar-refractivity contribution is -0.119. The molecule has 0 unspecified atom stereocenters. The zero-order valence-electron chi connectivity index (χ0n) is 11.7. The summed E-state index contributed by atoms with van der Waals surface area (Å²) in [5, 5.41) is 15.7. The van der Waals surface area contributed by atoms with Crippen LogP contribution in [0.5, 0.6) is 0 Å². The number of fused-ring (bicyclic) bond motifs is 1. The Morgan fingerprint density at radius 2 is 2.24 bits per heavy atom. The molecule has 1 heterocycles. The molecule has 0 saturated carbocycles. The third-order valence-corrected chi connectivity index (χ3v) is 2.90. The number of amides is 1. The van der Waals surface area contributed by atoms with Crippen molar-refractivity contribution in [3.05, 3.63) is 36.0 Å². The molecule has 0 radical (unpaired) electrons. The van der Waals surface area contributed by atoms with Crippen LogP contribution in [0.15, 0.2) is 30.3 Å². The summed E-state index contributed by atoms with van der Waals surface area (Å²) >= 11 is 0. The van der Waals surface area contributed by atoms with Gasteiger partial charge in [-0.05, 0) is 12.1 Å². The van der Waals surface area contributed by atoms with Crippen molar-refractivity contribution in [2.24, 2.45) is 0 Å². The molecule has 0 bridgehead atoms. The Morgan fingerprint density at radius 3 is 3.00 bits per heavy atom. The number of methoxy groups -OCH3 is 1. The predicted octanol–water partition coefficient (Wildman–Crippen LogP) is 1.28. The minimum Gasteiger partial charge on any atom is -0.383 e. The number of rotatable bonds is 6. The lowest BCUT2D eigenvalue weighted by Gasteiger charge is -2.10. The van der Waals surface area contributed by atoms with Crippen molar-refractivity contribution in [3.8, 4) is 6.07 Å². The largest absolute Gasteiger partial charge is 0.383 e. The molecular formula is C15H16N4O2. The number of para-hydroxylation sites is 1. The fourth-order valence-electron chi connectivity index (χ4n) is 1.91. The number of nitriles is 1. The molecule has 6 nitrogen and oxygen atoms in total. The molecule has 1 aromatic carbocycles. The molecular weight excluding hydrogens is 268 g/mol. The maximum atomic E-state index is 11.7. The smallest absolute Gasteiger partial charge is 0.239 e. The number of nitrogens with zero attached hydrogens (tertiary/aromatic N) is 2. The molecule has 0 aliphatic rings. The molecule has 2 N–H and O–H groups in total. The quantitative estimate of drug-likeness (QED) is 0.780. The Morgan fingerprint density at radius 1 is 1.43 bits per heavy atom. The lowest BCUT2D eigenvalue weighted by atomic mass is 10.1. The number of aromatic nitrogens is 1. The highest BCUT2D eigenvalue weighted by Crippen LogP contribution is 2.22. The van der Waals surface area contributed by atoms with Crippen LogP contribution in [0.1, 0.15) is 5.69 Å². The monoisotopic (exact) mass is 284 g/mol. The maximum Gasteiger partial charge on any atom is 0.239 e. The van der Waals surface area contributed by atoms with E-state index < -0.39 is 0 Å². The zero-order valence-corrected chi connectivity index (χ0v) is 11.7. The summed E-state index contributed by atoms with van der Waals surface area (Å²) in [6, 6.07) is 11.1. The average Bonchev–Trinajstić information content (AvgIpc) is 2.52. The van der Waals surface area contributed by atoms with Crippen LogP contribution in [0, 0.1) is 11.3 Å². The van der Waals surface area contributed by atoms with E-state index in [1.165, 1.54) is 0 Å². The summed E-state index contributed by atoms with van der Waals surface area (Å²) in [5.41, 5.74) is 1.76. The first kappa shape index (κ1) is 14.8. The molecule has 21 heavy (non-hydrogen) atoms. The first-order chi connectivity index (χ1) is 10.2. The molecule has 0 atom stereocenters. The summed E-state index contributed by atoms with van der Waals surface area (Å²) in [6.07, 6.45) is 0. The number of carbonyl (C=O) groups excluding carboxylic acids is 1. The summed E-state index contributed by atoms with van der Waals surface area (Å²) < 4.78 is 4.86. The molecule has 1 amide bonds. The van der Waals surface area contributed by atoms with Crippen molar-refractivity contribution < 1.29 is 9.53 Å². The summed E-state index contributed by atoms with van der Waals surface area (Å²) in [7, 11) is 1.58. The first-order valence-electron chi connectivity index (χ1n) is 6.54. The van der Waals surface area contributed by atoms with E-state index in [2.05, 4.69) is 15.6 Å². The SMILES string of the molecule is COCCNC(=O)CNc1cc(C#N)nc2ccccc12. The van der Waals surface area contributed by atoms with Crippen molar-refractivity contribution in [1.29, 1.82) is 5.26 Å². The number of anilines is 1. The highest BCUT2D eigenvalue weighted by molar-refractivity contribution is 5.93. The number of carbonyl (C=O) groups is 1. The number of ether oxygens (including phenoxy) is 1. The zero-order chi connectivity index (χ0) is 15.1. The van der Waals surface area contributed by atoms with Gasteiger partial charge in [-0.2, -0.15) is 5.26 Å². The minimum atomic E-state index is -0.133. The van der Waals surface area contributed by atoms with E-state index >= 15 is 0 Å². The van der Waals surface area contributed by atoms with Gasteiger partial charge in [-0.1, -0.05) is 18.2 Å². The van der Waals surface area contributed by atoms with Crippen molar-refractivity contribution in [2.75, 3.05) is 32.1 Å². The Labute approximate surface area is 122 Å². The Hall–Kier alpha value is -2.65. The van der Waals surface area contributed by atoms with E-state index in [0.717, 1.165) is 16.6 Å². The molecule has 0 saturated heterocycles. The molecule has 2 rings (SSSR count). The van der Waals surface area contributed by atoms with Crippen molar-refractivity contribution in [3.63, 3.8) is 0 Å². The number of pyridine rings is 1. The molecule has 0 fully saturated rings. The second kappa shape index (κ2) is 7.22. The molecule has 0 spiro atoms. The molecule has 0 aliphatic heterocycles. The minimum absolute atomic E-state index is 0.128. The van der Waals surface area contributed by atoms with Gasteiger partial charge in [-0.15, -0.1) is 0 Å². The molecule has 0 aliphatic carbocycles. The Balaban J connectivity index is 2.11. The van der Waals surface area contributed by atoms with E-state index in [4.69, 9.17) is 10.00 Å². The summed E-state index contributed by atoms with van der Waals surface area (Å²) in [5.74, 6) is -0.133. The summed E-state index contributed by atoms with van der Waals surface area (Å²) in [4.78, 5) is 15.9. The van der Waals surface area contributed by atoms with Gasteiger partial charge in [0.05, 0.1) is 18.7 Å². The molecule has 1 aromatic heterocycles. The van der Waals surface area contributed by atoms with Gasteiger partial charge in [0.15, 0.2) is 0 Å². The Bertz CT molecular complexity index is 679. The van der Waals surface area contributed by atoms with Gasteiger partial charge in [0.25, 0.3) is 0 Å². The fraction of sp³-hybridized carbons (Fsp3) is 0.267. The van der Waals surface area contributed by atoms with Crippen LogP contribution in [0.25, 0.3) is 10.9 Å². The Kier molecular flexibility index (Phi) is 5.07. The third-order valence-electron chi connectivity index (χ3n) is 2.90. The van der Waals surface area contributed by atoms with Gasteiger partial charge >= 0.3 is 0 Å². The second-order valence-corrected chi connectivity index (χ2v) is 4.38. The van der Waals surface area contributed by atoms with Gasteiger partial charge in [0.2, 0.25) is 5.91 Å². The van der Waals surface area contributed by atoms with Crippen LogP contribution in [-0.4, -0.2) is 37.7 Å². The van der Waals surface area contributed by atoms with Crippen LogP contribution >= 0.6 is 0 Å². The van der Waals surface area contributed by atoms with E-state index in [0.29, 0.717) is 18.8 Å². The van der Waals surface area contributed by atoms with E-state index in [-0.39, 0.29) is 12.5 Å². The average molecular weight is 284 g/mol. The summed E-state index contributed by atoms with van der Waals surface area (Å²) in [6.45, 7) is 1.07. The standard InChI is InChI=1S/C15H16N4O2/c1-21-7-6-17-15(20)10-18-14-8-11(9-16)19-13-5-3-2-4-12(13)14/h2-5,8H,6-7,10H2,1H3,(H,17,20)(H,18,19).